The van der Waals surface area contributed by atoms with Gasteiger partial charge in [0.25, 0.3) is 5.56 Å². The first-order valence-electron chi connectivity index (χ1n) is 4.78. The molecular weight excluding hydrogens is 206 g/mol. The van der Waals surface area contributed by atoms with Crippen molar-refractivity contribution >= 4 is 5.70 Å². The summed E-state index contributed by atoms with van der Waals surface area (Å²) < 4.78 is 0. The summed E-state index contributed by atoms with van der Waals surface area (Å²) in [5.41, 5.74) is 4.17. The maximum Gasteiger partial charge on any atom is 0.266 e. The molecule has 2 N–H and O–H groups in total. The van der Waals surface area contributed by atoms with Gasteiger partial charge in [-0.2, -0.15) is 5.26 Å². The fraction of sp³-hybridized carbons (Fsp3) is 0.273. The largest absolute Gasteiger partial charge is 0.324 e. The minimum atomic E-state index is -0.381. The number of hydrogen-bond acceptors (Lipinski definition) is 4. The molecule has 0 aliphatic carbocycles. The molecule has 0 saturated heterocycles. The van der Waals surface area contributed by atoms with E-state index in [1.54, 1.807) is 0 Å². The van der Waals surface area contributed by atoms with E-state index in [-0.39, 0.29) is 11.1 Å². The number of nitriles is 1. The summed E-state index contributed by atoms with van der Waals surface area (Å²) in [6.45, 7) is 5.66. The van der Waals surface area contributed by atoms with E-state index >= 15 is 0 Å². The lowest BCUT2D eigenvalue weighted by molar-refractivity contribution is 0.137. The molecule has 0 saturated carbocycles. The summed E-state index contributed by atoms with van der Waals surface area (Å²) in [4.78, 5) is 18.8. The van der Waals surface area contributed by atoms with Gasteiger partial charge in [0.05, 0.1) is 12.8 Å². The van der Waals surface area contributed by atoms with E-state index in [0.717, 1.165) is 5.69 Å². The highest BCUT2D eigenvalue weighted by atomic mass is 16.6. The van der Waals surface area contributed by atoms with Crippen LogP contribution in [-0.4, -0.2) is 12.1 Å². The molecule has 1 heterocycles. The molecule has 1 rings (SSSR count). The molecule has 0 atom stereocenters. The zero-order chi connectivity index (χ0) is 12.1. The molecule has 0 amide bonds. The number of hydroxylamine groups is 1. The third kappa shape index (κ3) is 2.30. The molecule has 5 heteroatoms. The Bertz CT molecular complexity index is 497. The van der Waals surface area contributed by atoms with Crippen LogP contribution in [0.3, 0.4) is 0 Å². The number of aromatic nitrogens is 1. The van der Waals surface area contributed by atoms with Crippen molar-refractivity contribution in [3.8, 4) is 6.07 Å². The van der Waals surface area contributed by atoms with E-state index in [0.29, 0.717) is 17.7 Å². The van der Waals surface area contributed by atoms with Gasteiger partial charge in [-0.1, -0.05) is 13.5 Å². The van der Waals surface area contributed by atoms with Gasteiger partial charge in [-0.05, 0) is 12.5 Å². The second kappa shape index (κ2) is 5.14. The zero-order valence-electron chi connectivity index (χ0n) is 9.26. The van der Waals surface area contributed by atoms with Crippen molar-refractivity contribution in [2.75, 3.05) is 7.11 Å². The van der Waals surface area contributed by atoms with Crippen LogP contribution < -0.4 is 11.0 Å². The van der Waals surface area contributed by atoms with Crippen molar-refractivity contribution in [2.24, 2.45) is 0 Å². The number of pyridine rings is 1. The van der Waals surface area contributed by atoms with E-state index in [9.17, 15) is 4.79 Å². The smallest absolute Gasteiger partial charge is 0.266 e. The third-order valence-electron chi connectivity index (χ3n) is 2.15. The Morgan fingerprint density at radius 1 is 1.75 bits per heavy atom. The van der Waals surface area contributed by atoms with Gasteiger partial charge >= 0.3 is 0 Å². The van der Waals surface area contributed by atoms with Crippen molar-refractivity contribution in [3.05, 3.63) is 39.8 Å². The van der Waals surface area contributed by atoms with Crippen LogP contribution in [0.4, 0.5) is 0 Å². The Morgan fingerprint density at radius 2 is 2.44 bits per heavy atom. The molecular formula is C11H13N3O2. The minimum Gasteiger partial charge on any atom is -0.324 e. The summed E-state index contributed by atoms with van der Waals surface area (Å²) in [5.74, 6) is 0. The lowest BCUT2D eigenvalue weighted by Crippen LogP contribution is -2.18. The maximum absolute atomic E-state index is 11.4. The van der Waals surface area contributed by atoms with Gasteiger partial charge in [0.2, 0.25) is 0 Å². The fourth-order valence-corrected chi connectivity index (χ4v) is 1.38. The van der Waals surface area contributed by atoms with Gasteiger partial charge in [0, 0.05) is 11.3 Å². The minimum absolute atomic E-state index is 0.0613. The number of aromatic amines is 1. The topological polar surface area (TPSA) is 77.9 Å². The number of nitrogens with zero attached hydrogens (tertiary/aromatic N) is 1. The van der Waals surface area contributed by atoms with E-state index < -0.39 is 0 Å². The molecule has 1 aromatic rings. The quantitative estimate of drug-likeness (QED) is 0.738. The first-order chi connectivity index (χ1) is 7.63. The Kier molecular flexibility index (Phi) is 3.86. The highest BCUT2D eigenvalue weighted by molar-refractivity contribution is 5.64. The van der Waals surface area contributed by atoms with Crippen LogP contribution in [0, 0.1) is 11.3 Å². The van der Waals surface area contributed by atoms with Crippen molar-refractivity contribution < 1.29 is 4.84 Å². The molecule has 16 heavy (non-hydrogen) atoms. The van der Waals surface area contributed by atoms with Gasteiger partial charge in [-0.3, -0.25) is 15.1 Å². The summed E-state index contributed by atoms with van der Waals surface area (Å²) in [7, 11) is 1.47. The predicted molar refractivity (Wildman–Crippen MR) is 60.3 cm³/mol. The van der Waals surface area contributed by atoms with Gasteiger partial charge in [-0.15, -0.1) is 0 Å². The number of rotatable bonds is 4. The van der Waals surface area contributed by atoms with E-state index in [1.165, 1.54) is 13.2 Å². The highest BCUT2D eigenvalue weighted by Gasteiger charge is 2.09. The van der Waals surface area contributed by atoms with Crippen LogP contribution in [0.15, 0.2) is 17.4 Å². The number of hydrogen-bond donors (Lipinski definition) is 2. The van der Waals surface area contributed by atoms with E-state index in [2.05, 4.69) is 17.0 Å². The normalized spacial score (nSPS) is 9.56. The van der Waals surface area contributed by atoms with Gasteiger partial charge in [0.1, 0.15) is 11.6 Å². The average Bonchev–Trinajstić information content (AvgIpc) is 2.28. The first-order valence-corrected chi connectivity index (χ1v) is 4.78. The molecule has 0 radical (unpaired) electrons. The summed E-state index contributed by atoms with van der Waals surface area (Å²) in [5, 5.41) is 8.77. The Balaban J connectivity index is 3.32. The lowest BCUT2D eigenvalue weighted by Gasteiger charge is -2.11. The Hall–Kier alpha value is -2.06. The molecule has 1 aromatic heterocycles. The van der Waals surface area contributed by atoms with E-state index in [1.807, 2.05) is 13.0 Å². The van der Waals surface area contributed by atoms with Crippen molar-refractivity contribution in [1.82, 2.24) is 10.5 Å². The van der Waals surface area contributed by atoms with Crippen LogP contribution in [0.25, 0.3) is 5.70 Å². The molecule has 0 aliphatic heterocycles. The zero-order valence-corrected chi connectivity index (χ0v) is 9.26. The Morgan fingerprint density at radius 3 is 2.94 bits per heavy atom. The molecule has 5 nitrogen and oxygen atoms in total. The van der Waals surface area contributed by atoms with Crippen LogP contribution in [0.5, 0.6) is 0 Å². The number of H-pyrrole nitrogens is 1. The fourth-order valence-electron chi connectivity index (χ4n) is 1.38. The Labute approximate surface area is 93.3 Å². The molecule has 84 valence electrons. The third-order valence-corrected chi connectivity index (χ3v) is 2.15. The second-order valence-electron chi connectivity index (χ2n) is 3.15. The molecule has 0 spiro atoms. The maximum atomic E-state index is 11.4. The monoisotopic (exact) mass is 219 g/mol. The SMILES string of the molecule is C=C(NOC)c1cc(C#N)c(=O)[nH]c1CC. The van der Waals surface area contributed by atoms with Gasteiger partial charge < -0.3 is 4.98 Å². The molecule has 0 unspecified atom stereocenters. The predicted octanol–water partition coefficient (Wildman–Crippen LogP) is 0.931. The standard InChI is InChI=1S/C11H13N3O2/c1-4-10-9(7(2)14-16-3)5-8(6-12)11(15)13-10/h5,14H,2,4H2,1,3H3,(H,13,15). The molecule has 0 aliphatic rings. The highest BCUT2D eigenvalue weighted by Crippen LogP contribution is 2.14. The summed E-state index contributed by atoms with van der Waals surface area (Å²) in [6.07, 6.45) is 0.640. The summed E-state index contributed by atoms with van der Waals surface area (Å²) >= 11 is 0. The van der Waals surface area contributed by atoms with Gasteiger partial charge in [-0.25, -0.2) is 0 Å². The summed E-state index contributed by atoms with van der Waals surface area (Å²) in [6, 6.07) is 3.34. The average molecular weight is 219 g/mol. The van der Waals surface area contributed by atoms with Crippen LogP contribution in [-0.2, 0) is 11.3 Å². The van der Waals surface area contributed by atoms with Crippen LogP contribution in [0.2, 0.25) is 0 Å². The lowest BCUT2D eigenvalue weighted by atomic mass is 10.1. The number of aryl methyl sites for hydroxylation is 1. The van der Waals surface area contributed by atoms with Crippen molar-refractivity contribution in [3.63, 3.8) is 0 Å². The molecule has 0 aromatic carbocycles. The van der Waals surface area contributed by atoms with E-state index in [4.69, 9.17) is 10.1 Å². The van der Waals surface area contributed by atoms with Crippen molar-refractivity contribution in [2.45, 2.75) is 13.3 Å². The van der Waals surface area contributed by atoms with Crippen LogP contribution in [0.1, 0.15) is 23.7 Å². The van der Waals surface area contributed by atoms with Crippen LogP contribution >= 0.6 is 0 Å². The molecule has 0 bridgehead atoms. The first kappa shape index (κ1) is 12.0. The van der Waals surface area contributed by atoms with Gasteiger partial charge in [0.15, 0.2) is 0 Å². The number of nitrogens with one attached hydrogen (secondary N) is 2. The molecule has 0 fully saturated rings. The van der Waals surface area contributed by atoms with Crippen molar-refractivity contribution in [1.29, 1.82) is 5.26 Å². The second-order valence-corrected chi connectivity index (χ2v) is 3.15.